The first-order valence-corrected chi connectivity index (χ1v) is 10.8. The minimum absolute atomic E-state index is 0.0644. The summed E-state index contributed by atoms with van der Waals surface area (Å²) in [6.45, 7) is 2.75. The summed E-state index contributed by atoms with van der Waals surface area (Å²) in [6, 6.07) is 13.5. The minimum Gasteiger partial charge on any atom is -0.494 e. The summed E-state index contributed by atoms with van der Waals surface area (Å²) >= 11 is 0. The number of halogens is 6. The number of ether oxygens (including phenoxy) is 1. The molecule has 0 bridgehead atoms. The molecule has 0 spiro atoms. The Kier molecular flexibility index (Phi) is 8.27. The first-order chi connectivity index (χ1) is 16.2. The van der Waals surface area contributed by atoms with Gasteiger partial charge in [0.15, 0.2) is 0 Å². The lowest BCUT2D eigenvalue weighted by Crippen LogP contribution is -2.02. The van der Waals surface area contributed by atoms with Crippen molar-refractivity contribution in [2.75, 3.05) is 6.61 Å². The van der Waals surface area contributed by atoms with Crippen LogP contribution in [0.15, 0.2) is 54.6 Å². The summed E-state index contributed by atoms with van der Waals surface area (Å²) in [4.78, 5) is 0. The third kappa shape index (κ3) is 7.05. The Balaban J connectivity index is 1.70. The molecule has 178 valence electrons. The molecular formula is C27H22F6O. The van der Waals surface area contributed by atoms with E-state index in [-0.39, 0.29) is 11.1 Å². The van der Waals surface area contributed by atoms with Gasteiger partial charge in [-0.15, -0.1) is 0 Å². The molecule has 0 heterocycles. The van der Waals surface area contributed by atoms with Crippen molar-refractivity contribution in [3.05, 3.63) is 88.7 Å². The first-order valence-electron chi connectivity index (χ1n) is 10.8. The van der Waals surface area contributed by atoms with Crippen molar-refractivity contribution in [1.82, 2.24) is 0 Å². The number of hydrogen-bond donors (Lipinski definition) is 0. The molecule has 3 aromatic rings. The van der Waals surface area contributed by atoms with Crippen LogP contribution in [-0.4, -0.2) is 12.8 Å². The van der Waals surface area contributed by atoms with E-state index in [2.05, 4.69) is 6.92 Å². The van der Waals surface area contributed by atoms with E-state index in [0.29, 0.717) is 25.0 Å². The van der Waals surface area contributed by atoms with Crippen LogP contribution < -0.4 is 4.74 Å². The summed E-state index contributed by atoms with van der Waals surface area (Å²) < 4.78 is 85.3. The number of aryl methyl sites for hydroxylation is 2. The molecule has 0 aliphatic rings. The topological polar surface area (TPSA) is 9.23 Å². The number of alkyl halides is 3. The van der Waals surface area contributed by atoms with Crippen molar-refractivity contribution < 1.29 is 31.1 Å². The van der Waals surface area contributed by atoms with Crippen LogP contribution in [0.25, 0.3) is 11.1 Å². The molecule has 3 aromatic carbocycles. The Labute approximate surface area is 194 Å². The molecule has 0 aliphatic heterocycles. The second kappa shape index (κ2) is 11.1. The van der Waals surface area contributed by atoms with Crippen molar-refractivity contribution in [1.29, 1.82) is 0 Å². The molecule has 7 heteroatoms. The molecule has 3 rings (SSSR count). The number of benzene rings is 3. The van der Waals surface area contributed by atoms with Crippen LogP contribution in [-0.2, 0) is 12.8 Å². The van der Waals surface area contributed by atoms with Gasteiger partial charge in [0.25, 0.3) is 0 Å². The molecule has 0 saturated heterocycles. The van der Waals surface area contributed by atoms with Crippen LogP contribution in [0.1, 0.15) is 36.5 Å². The van der Waals surface area contributed by atoms with Crippen LogP contribution in [0.5, 0.6) is 5.75 Å². The average Bonchev–Trinajstić information content (AvgIpc) is 2.77. The Morgan fingerprint density at radius 3 is 2.00 bits per heavy atom. The number of rotatable bonds is 8. The van der Waals surface area contributed by atoms with E-state index >= 15 is 0 Å². The van der Waals surface area contributed by atoms with Gasteiger partial charge in [0.05, 0.1) is 12.2 Å². The van der Waals surface area contributed by atoms with E-state index < -0.39 is 29.2 Å². The minimum atomic E-state index is -4.88. The van der Waals surface area contributed by atoms with E-state index in [1.165, 1.54) is 18.1 Å². The summed E-state index contributed by atoms with van der Waals surface area (Å²) in [6.07, 6.45) is -1.64. The molecule has 0 N–H and O–H groups in total. The van der Waals surface area contributed by atoms with Crippen molar-refractivity contribution in [2.24, 2.45) is 0 Å². The highest BCUT2D eigenvalue weighted by molar-refractivity contribution is 5.66. The van der Waals surface area contributed by atoms with Gasteiger partial charge in [0.1, 0.15) is 23.2 Å². The third-order valence-electron chi connectivity index (χ3n) is 5.11. The van der Waals surface area contributed by atoms with Crippen LogP contribution >= 0.6 is 0 Å². The normalized spacial score (nSPS) is 11.1. The molecule has 0 amide bonds. The van der Waals surface area contributed by atoms with Crippen molar-refractivity contribution in [2.45, 2.75) is 38.8 Å². The van der Waals surface area contributed by atoms with Crippen LogP contribution in [0.3, 0.4) is 0 Å². The largest absolute Gasteiger partial charge is 0.494 e. The lowest BCUT2D eigenvalue weighted by molar-refractivity contribution is -0.0696. The van der Waals surface area contributed by atoms with Gasteiger partial charge >= 0.3 is 6.18 Å². The second-order valence-electron chi connectivity index (χ2n) is 7.72. The number of hydrogen-bond acceptors (Lipinski definition) is 1. The third-order valence-corrected chi connectivity index (χ3v) is 5.11. The van der Waals surface area contributed by atoms with Crippen molar-refractivity contribution >= 4 is 0 Å². The van der Waals surface area contributed by atoms with E-state index in [1.807, 2.05) is 24.3 Å². The molecule has 0 aromatic heterocycles. The monoisotopic (exact) mass is 476 g/mol. The fraction of sp³-hybridized carbons (Fsp3) is 0.259. The second-order valence-corrected chi connectivity index (χ2v) is 7.72. The molecular weight excluding hydrogens is 454 g/mol. The highest BCUT2D eigenvalue weighted by Gasteiger charge is 2.23. The SMILES string of the molecule is CCCCOc1ccc(CCc2ccc(-c3cc(F)c(C#CC(F)(F)F)c(F)c3)c(F)c2)cc1. The van der Waals surface area contributed by atoms with Gasteiger partial charge in [-0.05, 0) is 66.3 Å². The zero-order valence-electron chi connectivity index (χ0n) is 18.4. The Bertz CT molecular complexity index is 1160. The molecule has 0 atom stereocenters. The van der Waals surface area contributed by atoms with Gasteiger partial charge < -0.3 is 4.74 Å². The van der Waals surface area contributed by atoms with Crippen LogP contribution in [0.4, 0.5) is 26.3 Å². The first kappa shape index (κ1) is 25.2. The van der Waals surface area contributed by atoms with Gasteiger partial charge in [0.2, 0.25) is 0 Å². The highest BCUT2D eigenvalue weighted by atomic mass is 19.4. The quantitative estimate of drug-likeness (QED) is 0.184. The highest BCUT2D eigenvalue weighted by Crippen LogP contribution is 2.28. The zero-order valence-corrected chi connectivity index (χ0v) is 18.4. The Hall–Kier alpha value is -3.40. The van der Waals surface area contributed by atoms with E-state index in [0.717, 1.165) is 42.2 Å². The van der Waals surface area contributed by atoms with E-state index in [1.54, 1.807) is 6.07 Å². The van der Waals surface area contributed by atoms with Gasteiger partial charge in [-0.1, -0.05) is 43.5 Å². The fourth-order valence-corrected chi connectivity index (χ4v) is 3.31. The average molecular weight is 476 g/mol. The smallest absolute Gasteiger partial charge is 0.458 e. The fourth-order valence-electron chi connectivity index (χ4n) is 3.31. The predicted octanol–water partition coefficient (Wildman–Crippen LogP) is 7.65. The molecule has 0 unspecified atom stereocenters. The van der Waals surface area contributed by atoms with Crippen molar-refractivity contribution in [3.8, 4) is 28.7 Å². The lowest BCUT2D eigenvalue weighted by Gasteiger charge is -2.09. The molecule has 34 heavy (non-hydrogen) atoms. The maximum Gasteiger partial charge on any atom is 0.458 e. The Morgan fingerprint density at radius 2 is 1.41 bits per heavy atom. The Morgan fingerprint density at radius 1 is 0.794 bits per heavy atom. The van der Waals surface area contributed by atoms with Gasteiger partial charge in [-0.25, -0.2) is 13.2 Å². The maximum absolute atomic E-state index is 14.7. The zero-order chi connectivity index (χ0) is 24.7. The van der Waals surface area contributed by atoms with Crippen molar-refractivity contribution in [3.63, 3.8) is 0 Å². The summed E-state index contributed by atoms with van der Waals surface area (Å²) in [5.74, 6) is -0.210. The van der Waals surface area contributed by atoms with Gasteiger partial charge in [-0.2, -0.15) is 13.2 Å². The molecule has 0 aliphatic carbocycles. The lowest BCUT2D eigenvalue weighted by atomic mass is 9.98. The van der Waals surface area contributed by atoms with E-state index in [9.17, 15) is 26.3 Å². The predicted molar refractivity (Wildman–Crippen MR) is 119 cm³/mol. The van der Waals surface area contributed by atoms with Gasteiger partial charge in [0, 0.05) is 11.5 Å². The number of unbranched alkanes of at least 4 members (excludes halogenated alkanes) is 1. The molecule has 1 nitrogen and oxygen atoms in total. The maximum atomic E-state index is 14.7. The summed E-state index contributed by atoms with van der Waals surface area (Å²) in [5.41, 5.74) is 0.533. The van der Waals surface area contributed by atoms with Crippen LogP contribution in [0.2, 0.25) is 0 Å². The van der Waals surface area contributed by atoms with Gasteiger partial charge in [-0.3, -0.25) is 0 Å². The standard InChI is InChI=1S/C27H22F6O/c1-2-3-14-34-21-9-6-18(7-10-21)4-5-19-8-11-22(24(28)15-19)20-16-25(29)23(26(30)17-20)12-13-27(31,32)33/h6-11,15-17H,2-5,14H2,1H3. The molecule has 0 saturated carbocycles. The molecule has 0 radical (unpaired) electrons. The van der Waals surface area contributed by atoms with E-state index in [4.69, 9.17) is 4.74 Å². The summed E-state index contributed by atoms with van der Waals surface area (Å²) in [7, 11) is 0. The van der Waals surface area contributed by atoms with Crippen LogP contribution in [0, 0.1) is 29.3 Å². The summed E-state index contributed by atoms with van der Waals surface area (Å²) in [5, 5.41) is 0. The molecule has 0 fully saturated rings.